The molecule has 0 radical (unpaired) electrons. The third-order valence-electron chi connectivity index (χ3n) is 2.49. The molecular formula is C9H12N2O4. The van der Waals surface area contributed by atoms with Crippen molar-refractivity contribution in [2.45, 2.75) is 19.1 Å². The zero-order chi connectivity index (χ0) is 11.0. The number of rotatable bonds is 1. The molecule has 2 heterocycles. The molecule has 6 heteroatoms. The van der Waals surface area contributed by atoms with Gasteiger partial charge in [-0.2, -0.15) is 0 Å². The fourth-order valence-electron chi connectivity index (χ4n) is 1.58. The van der Waals surface area contributed by atoms with Crippen molar-refractivity contribution >= 4 is 5.91 Å². The Morgan fingerprint density at radius 2 is 2.13 bits per heavy atom. The first-order valence-electron chi connectivity index (χ1n) is 4.66. The van der Waals surface area contributed by atoms with Crippen LogP contribution in [0.5, 0.6) is 0 Å². The van der Waals surface area contributed by atoms with Crippen molar-refractivity contribution in [3.8, 4) is 0 Å². The maximum atomic E-state index is 11.8. The van der Waals surface area contributed by atoms with Crippen LogP contribution in [0.25, 0.3) is 0 Å². The Hall–Kier alpha value is -1.40. The minimum Gasteiger partial charge on any atom is -0.388 e. The Morgan fingerprint density at radius 1 is 1.53 bits per heavy atom. The number of β-amino-alcohol motifs (C(OH)–C–C–N with tert-alkyl or cyclic N) is 2. The molecule has 6 nitrogen and oxygen atoms in total. The van der Waals surface area contributed by atoms with Gasteiger partial charge in [-0.3, -0.25) is 4.79 Å². The van der Waals surface area contributed by atoms with E-state index in [2.05, 4.69) is 5.16 Å². The Bertz CT molecular complexity index is 366. The lowest BCUT2D eigenvalue weighted by Gasteiger charge is -2.12. The topological polar surface area (TPSA) is 86.8 Å². The summed E-state index contributed by atoms with van der Waals surface area (Å²) in [6.45, 7) is 1.97. The third-order valence-corrected chi connectivity index (χ3v) is 2.49. The molecule has 2 atom stereocenters. The molecule has 0 saturated carbocycles. The van der Waals surface area contributed by atoms with E-state index in [0.29, 0.717) is 5.56 Å². The van der Waals surface area contributed by atoms with E-state index in [1.165, 1.54) is 11.1 Å². The van der Waals surface area contributed by atoms with Crippen molar-refractivity contribution in [3.63, 3.8) is 0 Å². The quantitative estimate of drug-likeness (QED) is 0.634. The molecule has 82 valence electrons. The fraction of sp³-hybridized carbons (Fsp3) is 0.556. The smallest absolute Gasteiger partial charge is 0.292 e. The van der Waals surface area contributed by atoms with E-state index in [4.69, 9.17) is 4.52 Å². The lowest BCUT2D eigenvalue weighted by atomic mass is 10.3. The van der Waals surface area contributed by atoms with E-state index in [0.717, 1.165) is 0 Å². The number of nitrogens with zero attached hydrogens (tertiary/aromatic N) is 2. The largest absolute Gasteiger partial charge is 0.388 e. The highest BCUT2D eigenvalue weighted by molar-refractivity contribution is 5.92. The van der Waals surface area contributed by atoms with Gasteiger partial charge in [0, 0.05) is 18.7 Å². The summed E-state index contributed by atoms with van der Waals surface area (Å²) in [4.78, 5) is 13.1. The van der Waals surface area contributed by atoms with Gasteiger partial charge in [0.15, 0.2) is 0 Å². The van der Waals surface area contributed by atoms with E-state index < -0.39 is 12.2 Å². The molecule has 1 amide bonds. The second-order valence-electron chi connectivity index (χ2n) is 3.68. The number of aryl methyl sites for hydroxylation is 1. The molecule has 0 aliphatic carbocycles. The fourth-order valence-corrected chi connectivity index (χ4v) is 1.58. The summed E-state index contributed by atoms with van der Waals surface area (Å²) in [6.07, 6.45) is -0.301. The standard InChI is InChI=1S/C9H12N2O4/c1-5-2-10-15-8(5)9(14)11-3-6(12)7(13)4-11/h2,6-7,12-13H,3-4H2,1H3/t6-,7+. The number of aliphatic hydroxyl groups excluding tert-OH is 2. The van der Waals surface area contributed by atoms with Gasteiger partial charge in [0.1, 0.15) is 0 Å². The number of hydrogen-bond donors (Lipinski definition) is 2. The number of amides is 1. The Kier molecular flexibility index (Phi) is 2.45. The monoisotopic (exact) mass is 212 g/mol. The molecule has 15 heavy (non-hydrogen) atoms. The van der Waals surface area contributed by atoms with Crippen LogP contribution < -0.4 is 0 Å². The van der Waals surface area contributed by atoms with Gasteiger partial charge in [0.25, 0.3) is 5.91 Å². The van der Waals surface area contributed by atoms with Crippen LogP contribution in [0.3, 0.4) is 0 Å². The average molecular weight is 212 g/mol. The van der Waals surface area contributed by atoms with E-state index in [-0.39, 0.29) is 24.8 Å². The van der Waals surface area contributed by atoms with Gasteiger partial charge in [-0.25, -0.2) is 0 Å². The molecule has 1 fully saturated rings. The third kappa shape index (κ3) is 1.73. The predicted molar refractivity (Wildman–Crippen MR) is 49.2 cm³/mol. The highest BCUT2D eigenvalue weighted by Crippen LogP contribution is 2.16. The second kappa shape index (κ2) is 3.63. The number of aliphatic hydroxyl groups is 2. The van der Waals surface area contributed by atoms with Crippen molar-refractivity contribution in [1.82, 2.24) is 10.1 Å². The maximum Gasteiger partial charge on any atom is 0.292 e. The molecule has 0 unspecified atom stereocenters. The first-order valence-corrected chi connectivity index (χ1v) is 4.66. The van der Waals surface area contributed by atoms with Gasteiger partial charge in [-0.1, -0.05) is 5.16 Å². The zero-order valence-electron chi connectivity index (χ0n) is 8.25. The summed E-state index contributed by atoms with van der Waals surface area (Å²) >= 11 is 0. The SMILES string of the molecule is Cc1cnoc1C(=O)N1C[C@@H](O)[C@@H](O)C1. The van der Waals surface area contributed by atoms with Crippen molar-refractivity contribution in [1.29, 1.82) is 0 Å². The summed E-state index contributed by atoms with van der Waals surface area (Å²) in [5, 5.41) is 22.1. The first-order chi connectivity index (χ1) is 7.09. The Morgan fingerprint density at radius 3 is 2.60 bits per heavy atom. The molecule has 1 aromatic rings. The zero-order valence-corrected chi connectivity index (χ0v) is 8.25. The molecule has 0 spiro atoms. The number of aromatic nitrogens is 1. The first kappa shape index (κ1) is 10.1. The van der Waals surface area contributed by atoms with Crippen LogP contribution in [-0.2, 0) is 0 Å². The molecule has 1 aromatic heterocycles. The van der Waals surface area contributed by atoms with Gasteiger partial charge in [0.05, 0.1) is 18.4 Å². The van der Waals surface area contributed by atoms with Gasteiger partial charge in [-0.05, 0) is 6.92 Å². The van der Waals surface area contributed by atoms with Crippen LogP contribution in [0.4, 0.5) is 0 Å². The van der Waals surface area contributed by atoms with Crippen molar-refractivity contribution in [2.75, 3.05) is 13.1 Å². The molecule has 1 aliphatic heterocycles. The Labute approximate surface area is 86.1 Å². The highest BCUT2D eigenvalue weighted by atomic mass is 16.5. The van der Waals surface area contributed by atoms with Gasteiger partial charge in [0.2, 0.25) is 5.76 Å². The predicted octanol–water partition coefficient (Wildman–Crippen LogP) is -0.839. The summed E-state index contributed by atoms with van der Waals surface area (Å²) in [5.41, 5.74) is 0.649. The summed E-state index contributed by atoms with van der Waals surface area (Å²) < 4.78 is 4.80. The minimum absolute atomic E-state index is 0.125. The van der Waals surface area contributed by atoms with Gasteiger partial charge in [-0.15, -0.1) is 0 Å². The van der Waals surface area contributed by atoms with Gasteiger partial charge < -0.3 is 19.6 Å². The molecule has 2 N–H and O–H groups in total. The van der Waals surface area contributed by atoms with E-state index >= 15 is 0 Å². The van der Waals surface area contributed by atoms with Crippen LogP contribution in [0.15, 0.2) is 10.7 Å². The minimum atomic E-state index is -0.878. The van der Waals surface area contributed by atoms with Crippen molar-refractivity contribution in [3.05, 3.63) is 17.5 Å². The van der Waals surface area contributed by atoms with Crippen LogP contribution in [0.1, 0.15) is 16.1 Å². The van der Waals surface area contributed by atoms with Gasteiger partial charge >= 0.3 is 0 Å². The van der Waals surface area contributed by atoms with E-state index in [1.54, 1.807) is 6.92 Å². The van der Waals surface area contributed by atoms with Crippen LogP contribution >= 0.6 is 0 Å². The number of likely N-dealkylation sites (tertiary alicyclic amines) is 1. The van der Waals surface area contributed by atoms with Crippen molar-refractivity contribution in [2.24, 2.45) is 0 Å². The average Bonchev–Trinajstić information content (AvgIpc) is 2.74. The molecule has 0 bridgehead atoms. The lowest BCUT2D eigenvalue weighted by Crippen LogP contribution is -2.29. The summed E-state index contributed by atoms with van der Waals surface area (Å²) in [7, 11) is 0. The van der Waals surface area contributed by atoms with Crippen molar-refractivity contribution < 1.29 is 19.5 Å². The maximum absolute atomic E-state index is 11.8. The lowest BCUT2D eigenvalue weighted by molar-refractivity contribution is 0.0572. The molecule has 0 aromatic carbocycles. The second-order valence-corrected chi connectivity index (χ2v) is 3.68. The van der Waals surface area contributed by atoms with E-state index in [9.17, 15) is 15.0 Å². The summed E-state index contributed by atoms with van der Waals surface area (Å²) in [6, 6.07) is 0. The number of carbonyl (C=O) groups is 1. The molecular weight excluding hydrogens is 200 g/mol. The van der Waals surface area contributed by atoms with E-state index in [1.807, 2.05) is 0 Å². The molecule has 1 aliphatic rings. The molecule has 2 rings (SSSR count). The number of hydrogen-bond acceptors (Lipinski definition) is 5. The van der Waals surface area contributed by atoms with Crippen LogP contribution in [-0.4, -0.2) is 51.5 Å². The Balaban J connectivity index is 2.13. The highest BCUT2D eigenvalue weighted by Gasteiger charge is 2.34. The van der Waals surface area contributed by atoms with Crippen LogP contribution in [0.2, 0.25) is 0 Å². The number of carbonyl (C=O) groups excluding carboxylic acids is 1. The normalized spacial score (nSPS) is 25.9. The summed E-state index contributed by atoms with van der Waals surface area (Å²) in [5.74, 6) is -0.183. The van der Waals surface area contributed by atoms with Crippen LogP contribution in [0, 0.1) is 6.92 Å². The molecule has 1 saturated heterocycles.